The Kier molecular flexibility index (Phi) is 8.75. The van der Waals surface area contributed by atoms with Gasteiger partial charge in [-0.25, -0.2) is 0 Å². The standard InChI is InChI=1S/C47H42N2O2/c1-4-13-33(5-2)38(6-3)47(50)51-31-32-20-29-46-42(30-32)41-16-9-12-19-45(41)49(46)37-27-23-35(24-28-37)34-21-25-36(26-22-34)48-43-17-10-7-14-39(43)40-15-8-11-18-44(40)48/h4,7-30,33,38H,5-6,31H2,1-3H3/b13-4-. The van der Waals surface area contributed by atoms with Crippen LogP contribution in [0.15, 0.2) is 152 Å². The monoisotopic (exact) mass is 666 g/mol. The van der Waals surface area contributed by atoms with Gasteiger partial charge in [0.25, 0.3) is 0 Å². The average molecular weight is 667 g/mol. The molecular formula is C47H42N2O2. The second kappa shape index (κ2) is 13.8. The molecule has 6 aromatic carbocycles. The van der Waals surface area contributed by atoms with Gasteiger partial charge in [-0.15, -0.1) is 0 Å². The topological polar surface area (TPSA) is 36.2 Å². The van der Waals surface area contributed by atoms with Crippen LogP contribution in [0, 0.1) is 11.8 Å². The van der Waals surface area contributed by atoms with Crippen LogP contribution in [0.2, 0.25) is 0 Å². The van der Waals surface area contributed by atoms with Gasteiger partial charge in [-0.2, -0.15) is 0 Å². The van der Waals surface area contributed by atoms with E-state index >= 15 is 0 Å². The zero-order valence-corrected chi connectivity index (χ0v) is 29.4. The van der Waals surface area contributed by atoms with Crippen LogP contribution < -0.4 is 0 Å². The first kappa shape index (κ1) is 32.3. The molecule has 0 amide bonds. The van der Waals surface area contributed by atoms with E-state index in [1.54, 1.807) is 0 Å². The molecule has 0 saturated carbocycles. The van der Waals surface area contributed by atoms with Gasteiger partial charge >= 0.3 is 5.97 Å². The van der Waals surface area contributed by atoms with Crippen molar-refractivity contribution in [1.82, 2.24) is 9.13 Å². The Hall–Kier alpha value is -5.87. The van der Waals surface area contributed by atoms with Crippen molar-refractivity contribution >= 4 is 49.6 Å². The first-order valence-corrected chi connectivity index (χ1v) is 18.1. The number of benzene rings is 6. The molecule has 0 radical (unpaired) electrons. The highest BCUT2D eigenvalue weighted by Gasteiger charge is 2.25. The average Bonchev–Trinajstić information content (AvgIpc) is 3.70. The molecule has 0 spiro atoms. The van der Waals surface area contributed by atoms with E-state index in [1.807, 2.05) is 13.0 Å². The summed E-state index contributed by atoms with van der Waals surface area (Å²) in [5.74, 6) is -0.0470. The summed E-state index contributed by atoms with van der Waals surface area (Å²) < 4.78 is 10.6. The highest BCUT2D eigenvalue weighted by Crippen LogP contribution is 2.35. The largest absolute Gasteiger partial charge is 0.461 e. The van der Waals surface area contributed by atoms with E-state index in [2.05, 4.69) is 169 Å². The van der Waals surface area contributed by atoms with Gasteiger partial charge in [0.2, 0.25) is 0 Å². The van der Waals surface area contributed by atoms with Crippen molar-refractivity contribution in [1.29, 1.82) is 0 Å². The molecule has 4 nitrogen and oxygen atoms in total. The van der Waals surface area contributed by atoms with Crippen LogP contribution in [0.3, 0.4) is 0 Å². The summed E-state index contributed by atoms with van der Waals surface area (Å²) in [6, 6.07) is 49.9. The quantitative estimate of drug-likeness (QED) is 0.108. The van der Waals surface area contributed by atoms with Crippen molar-refractivity contribution in [2.45, 2.75) is 40.2 Å². The zero-order valence-electron chi connectivity index (χ0n) is 29.4. The van der Waals surface area contributed by atoms with Crippen LogP contribution in [0.25, 0.3) is 66.1 Å². The molecule has 51 heavy (non-hydrogen) atoms. The van der Waals surface area contributed by atoms with E-state index in [0.717, 1.165) is 46.2 Å². The van der Waals surface area contributed by atoms with Gasteiger partial charge in [-0.1, -0.05) is 111 Å². The molecule has 0 saturated heterocycles. The predicted molar refractivity (Wildman–Crippen MR) is 213 cm³/mol. The molecule has 0 bridgehead atoms. The summed E-state index contributed by atoms with van der Waals surface area (Å²) in [5, 5.41) is 4.86. The van der Waals surface area contributed by atoms with E-state index in [9.17, 15) is 4.79 Å². The first-order chi connectivity index (χ1) is 25.1. The predicted octanol–water partition coefficient (Wildman–Crippen LogP) is 12.2. The molecule has 2 heterocycles. The summed E-state index contributed by atoms with van der Waals surface area (Å²) in [4.78, 5) is 13.1. The first-order valence-electron chi connectivity index (χ1n) is 18.1. The van der Waals surface area contributed by atoms with Gasteiger partial charge in [-0.05, 0) is 97.0 Å². The van der Waals surface area contributed by atoms with Crippen molar-refractivity contribution in [3.05, 3.63) is 157 Å². The third-order valence-electron chi connectivity index (χ3n) is 10.5. The molecule has 2 aromatic heterocycles. The number of fused-ring (bicyclic) bond motifs is 6. The van der Waals surface area contributed by atoms with Gasteiger partial charge in [0.1, 0.15) is 6.61 Å². The third-order valence-corrected chi connectivity index (χ3v) is 10.5. The van der Waals surface area contributed by atoms with Crippen molar-refractivity contribution < 1.29 is 9.53 Å². The maximum atomic E-state index is 13.1. The molecule has 2 unspecified atom stereocenters. The normalized spacial score (nSPS) is 13.1. The third kappa shape index (κ3) is 5.81. The summed E-state index contributed by atoms with van der Waals surface area (Å²) in [5.41, 5.74) is 10.3. The van der Waals surface area contributed by atoms with Crippen molar-refractivity contribution in [3.63, 3.8) is 0 Å². The number of rotatable bonds is 10. The highest BCUT2D eigenvalue weighted by atomic mass is 16.5. The van der Waals surface area contributed by atoms with E-state index in [1.165, 1.54) is 38.3 Å². The molecule has 0 aliphatic carbocycles. The SMILES string of the molecule is C/C=C\C(CC)C(CC)C(=O)OCc1ccc2c(c1)c1ccccc1n2-c1ccc(-c2ccc(-n3c4ccccc4c4ccccc43)cc2)cc1. The van der Waals surface area contributed by atoms with E-state index in [-0.39, 0.29) is 24.4 Å². The number of aromatic nitrogens is 2. The molecule has 4 heteroatoms. The smallest absolute Gasteiger partial charge is 0.309 e. The Bertz CT molecular complexity index is 2480. The number of ether oxygens (including phenoxy) is 1. The number of nitrogens with zero attached hydrogens (tertiary/aromatic N) is 2. The molecule has 252 valence electrons. The lowest BCUT2D eigenvalue weighted by Gasteiger charge is -2.21. The molecule has 0 N–H and O–H groups in total. The highest BCUT2D eigenvalue weighted by molar-refractivity contribution is 6.10. The van der Waals surface area contributed by atoms with Crippen molar-refractivity contribution in [3.8, 4) is 22.5 Å². The van der Waals surface area contributed by atoms with Gasteiger partial charge in [0.15, 0.2) is 0 Å². The van der Waals surface area contributed by atoms with Gasteiger partial charge in [0, 0.05) is 32.9 Å². The number of hydrogen-bond donors (Lipinski definition) is 0. The fourth-order valence-corrected chi connectivity index (χ4v) is 7.90. The van der Waals surface area contributed by atoms with Crippen LogP contribution in [-0.4, -0.2) is 15.1 Å². The minimum absolute atomic E-state index is 0.119. The minimum Gasteiger partial charge on any atom is -0.461 e. The Balaban J connectivity index is 1.07. The number of carbonyl (C=O) groups is 1. The summed E-state index contributed by atoms with van der Waals surface area (Å²) >= 11 is 0. The number of allylic oxidation sites excluding steroid dienone is 2. The molecule has 2 atom stereocenters. The maximum Gasteiger partial charge on any atom is 0.309 e. The molecule has 0 aliphatic heterocycles. The fraction of sp³-hybridized carbons (Fsp3) is 0.170. The van der Waals surface area contributed by atoms with E-state index in [4.69, 9.17) is 4.74 Å². The van der Waals surface area contributed by atoms with Gasteiger partial charge < -0.3 is 13.9 Å². The summed E-state index contributed by atoms with van der Waals surface area (Å²) in [6.07, 6.45) is 5.85. The van der Waals surface area contributed by atoms with E-state index in [0.29, 0.717) is 0 Å². The van der Waals surface area contributed by atoms with Crippen LogP contribution in [0.5, 0.6) is 0 Å². The van der Waals surface area contributed by atoms with Crippen molar-refractivity contribution in [2.75, 3.05) is 0 Å². The second-order valence-electron chi connectivity index (χ2n) is 13.4. The van der Waals surface area contributed by atoms with Crippen LogP contribution in [0.1, 0.15) is 39.2 Å². The Labute approximate surface area is 299 Å². The number of hydrogen-bond acceptors (Lipinski definition) is 2. The Morgan fingerprint density at radius 3 is 1.53 bits per heavy atom. The maximum absolute atomic E-state index is 13.1. The zero-order chi connectivity index (χ0) is 34.9. The van der Waals surface area contributed by atoms with Crippen LogP contribution >= 0.6 is 0 Å². The van der Waals surface area contributed by atoms with Gasteiger partial charge in [0.05, 0.1) is 28.0 Å². The number of para-hydroxylation sites is 3. The van der Waals surface area contributed by atoms with Crippen LogP contribution in [0.4, 0.5) is 0 Å². The lowest BCUT2D eigenvalue weighted by Crippen LogP contribution is -2.24. The minimum atomic E-state index is -0.127. The Morgan fingerprint density at radius 1 is 0.588 bits per heavy atom. The summed E-state index contributed by atoms with van der Waals surface area (Å²) in [7, 11) is 0. The molecular weight excluding hydrogens is 625 g/mol. The molecule has 8 aromatic rings. The summed E-state index contributed by atoms with van der Waals surface area (Å²) in [6.45, 7) is 6.47. The van der Waals surface area contributed by atoms with Gasteiger partial charge in [-0.3, -0.25) is 4.79 Å². The molecule has 8 rings (SSSR count). The van der Waals surface area contributed by atoms with Crippen LogP contribution in [-0.2, 0) is 16.1 Å². The fourth-order valence-electron chi connectivity index (χ4n) is 7.90. The second-order valence-corrected chi connectivity index (χ2v) is 13.4. The number of carbonyl (C=O) groups excluding carboxylic acids is 1. The molecule has 0 aliphatic rings. The lowest BCUT2D eigenvalue weighted by atomic mass is 9.87. The Morgan fingerprint density at radius 2 is 1.06 bits per heavy atom. The number of esters is 1. The van der Waals surface area contributed by atoms with Crippen molar-refractivity contribution in [2.24, 2.45) is 11.8 Å². The molecule has 0 fully saturated rings. The van der Waals surface area contributed by atoms with E-state index < -0.39 is 0 Å². The lowest BCUT2D eigenvalue weighted by molar-refractivity contribution is -0.151.